The zero-order valence-corrected chi connectivity index (χ0v) is 13.4. The molecule has 6 heteroatoms. The van der Waals surface area contributed by atoms with Gasteiger partial charge in [-0.25, -0.2) is 4.98 Å². The van der Waals surface area contributed by atoms with Crippen LogP contribution >= 0.6 is 12.2 Å². The van der Waals surface area contributed by atoms with Crippen LogP contribution in [0.3, 0.4) is 0 Å². The first-order valence-corrected chi connectivity index (χ1v) is 7.65. The largest absolute Gasteiger partial charge is 0.392 e. The van der Waals surface area contributed by atoms with Crippen molar-refractivity contribution in [3.8, 4) is 0 Å². The molecule has 0 aliphatic carbocycles. The third-order valence-corrected chi connectivity index (χ3v) is 4.71. The Balaban J connectivity index is 2.01. The number of nitrogens with two attached hydrogens (primary N) is 1. The summed E-state index contributed by atoms with van der Waals surface area (Å²) in [6.45, 7) is 6.69. The van der Waals surface area contributed by atoms with E-state index in [0.717, 1.165) is 18.9 Å². The number of carbonyl (C=O) groups excluding carboxylic acids is 1. The second-order valence-corrected chi connectivity index (χ2v) is 5.96. The van der Waals surface area contributed by atoms with Crippen LogP contribution in [0.25, 0.3) is 0 Å². The van der Waals surface area contributed by atoms with E-state index in [-0.39, 0.29) is 10.9 Å². The van der Waals surface area contributed by atoms with Gasteiger partial charge in [0.2, 0.25) is 5.91 Å². The highest BCUT2D eigenvalue weighted by Gasteiger charge is 2.38. The van der Waals surface area contributed by atoms with Gasteiger partial charge in [-0.3, -0.25) is 4.79 Å². The Morgan fingerprint density at radius 2 is 2.05 bits per heavy atom. The highest BCUT2D eigenvalue weighted by molar-refractivity contribution is 7.80. The Labute approximate surface area is 131 Å². The number of thiocarbonyl (C=S) groups is 1. The van der Waals surface area contributed by atoms with Gasteiger partial charge in [0.25, 0.3) is 0 Å². The summed E-state index contributed by atoms with van der Waals surface area (Å²) in [6, 6.07) is 5.86. The molecule has 0 aromatic carbocycles. The zero-order valence-electron chi connectivity index (χ0n) is 12.6. The van der Waals surface area contributed by atoms with Crippen molar-refractivity contribution in [1.82, 2.24) is 9.88 Å². The number of amides is 1. The van der Waals surface area contributed by atoms with Crippen molar-refractivity contribution in [2.75, 3.05) is 31.1 Å². The van der Waals surface area contributed by atoms with Crippen molar-refractivity contribution in [3.05, 3.63) is 24.4 Å². The highest BCUT2D eigenvalue weighted by Crippen LogP contribution is 2.26. The van der Waals surface area contributed by atoms with Crippen molar-refractivity contribution >= 4 is 28.9 Å². The van der Waals surface area contributed by atoms with Gasteiger partial charge >= 0.3 is 0 Å². The fourth-order valence-corrected chi connectivity index (χ4v) is 2.69. The Kier molecular flexibility index (Phi) is 4.77. The third kappa shape index (κ3) is 3.15. The molecule has 2 rings (SSSR count). The first-order chi connectivity index (χ1) is 9.99. The molecule has 2 N–H and O–H groups in total. The number of hydrogen-bond donors (Lipinski definition) is 1. The molecular weight excluding hydrogens is 284 g/mol. The minimum atomic E-state index is -0.734. The van der Waals surface area contributed by atoms with E-state index in [4.69, 9.17) is 18.0 Å². The van der Waals surface area contributed by atoms with Gasteiger partial charge in [0.1, 0.15) is 5.82 Å². The molecule has 1 amide bonds. The third-order valence-electron chi connectivity index (χ3n) is 4.26. The summed E-state index contributed by atoms with van der Waals surface area (Å²) >= 11 is 5.08. The van der Waals surface area contributed by atoms with Gasteiger partial charge in [-0.05, 0) is 25.5 Å². The van der Waals surface area contributed by atoms with E-state index >= 15 is 0 Å². The van der Waals surface area contributed by atoms with Gasteiger partial charge in [0.05, 0.1) is 10.4 Å². The number of anilines is 1. The van der Waals surface area contributed by atoms with Crippen LogP contribution in [0, 0.1) is 5.41 Å². The smallest absolute Gasteiger partial charge is 0.235 e. The van der Waals surface area contributed by atoms with E-state index in [9.17, 15) is 4.79 Å². The topological polar surface area (TPSA) is 62.5 Å². The molecule has 1 aliphatic rings. The summed E-state index contributed by atoms with van der Waals surface area (Å²) in [5.41, 5.74) is 5.04. The van der Waals surface area contributed by atoms with Gasteiger partial charge in [-0.15, -0.1) is 0 Å². The van der Waals surface area contributed by atoms with Gasteiger partial charge < -0.3 is 15.5 Å². The van der Waals surface area contributed by atoms with E-state index in [1.807, 2.05) is 36.9 Å². The lowest BCUT2D eigenvalue weighted by Gasteiger charge is -2.39. The standard InChI is InChI=1S/C15H22N4OS/c1-3-15(2,13(16)21)14(20)19-10-8-18(9-11-19)12-6-4-5-7-17-12/h4-7H,3,8-11H2,1-2H3,(H2,16,21). The predicted octanol–water partition coefficient (Wildman–Crippen LogP) is 1.43. The summed E-state index contributed by atoms with van der Waals surface area (Å²) < 4.78 is 0. The number of pyridine rings is 1. The van der Waals surface area contributed by atoms with Crippen LogP contribution in [0.2, 0.25) is 0 Å². The Bertz CT molecular complexity index is 514. The van der Waals surface area contributed by atoms with Crippen LogP contribution < -0.4 is 10.6 Å². The highest BCUT2D eigenvalue weighted by atomic mass is 32.1. The number of aromatic nitrogens is 1. The minimum absolute atomic E-state index is 0.0400. The second-order valence-electron chi connectivity index (χ2n) is 5.52. The lowest BCUT2D eigenvalue weighted by molar-refractivity contribution is -0.138. The van der Waals surface area contributed by atoms with Crippen molar-refractivity contribution < 1.29 is 4.79 Å². The van der Waals surface area contributed by atoms with Crippen molar-refractivity contribution in [2.45, 2.75) is 20.3 Å². The molecule has 2 heterocycles. The number of piperazine rings is 1. The molecule has 1 aliphatic heterocycles. The molecule has 0 saturated carbocycles. The zero-order chi connectivity index (χ0) is 15.5. The Morgan fingerprint density at radius 3 is 2.52 bits per heavy atom. The monoisotopic (exact) mass is 306 g/mol. The molecule has 5 nitrogen and oxygen atoms in total. The summed E-state index contributed by atoms with van der Waals surface area (Å²) in [5, 5.41) is 0. The molecule has 0 spiro atoms. The number of nitrogens with zero attached hydrogens (tertiary/aromatic N) is 3. The Morgan fingerprint density at radius 1 is 1.38 bits per heavy atom. The van der Waals surface area contributed by atoms with Gasteiger partial charge in [-0.2, -0.15) is 0 Å². The van der Waals surface area contributed by atoms with Crippen molar-refractivity contribution in [3.63, 3.8) is 0 Å². The predicted molar refractivity (Wildman–Crippen MR) is 88.2 cm³/mol. The van der Waals surface area contributed by atoms with Gasteiger partial charge in [0, 0.05) is 32.4 Å². The van der Waals surface area contributed by atoms with E-state index in [1.165, 1.54) is 0 Å². The van der Waals surface area contributed by atoms with Gasteiger partial charge in [0.15, 0.2) is 0 Å². The number of carbonyl (C=O) groups is 1. The van der Waals surface area contributed by atoms with Crippen LogP contribution in [0.5, 0.6) is 0 Å². The normalized spacial score (nSPS) is 18.2. The molecule has 0 bridgehead atoms. The van der Waals surface area contributed by atoms with Crippen LogP contribution in [-0.2, 0) is 4.79 Å². The fourth-order valence-electron chi connectivity index (χ4n) is 2.46. The average molecular weight is 306 g/mol. The molecular formula is C15H22N4OS. The minimum Gasteiger partial charge on any atom is -0.392 e. The maximum Gasteiger partial charge on any atom is 0.235 e. The van der Waals surface area contributed by atoms with Crippen LogP contribution in [0.1, 0.15) is 20.3 Å². The lowest BCUT2D eigenvalue weighted by Crippen LogP contribution is -2.55. The second kappa shape index (κ2) is 6.39. The van der Waals surface area contributed by atoms with E-state index < -0.39 is 5.41 Å². The molecule has 1 aromatic heterocycles. The van der Waals surface area contributed by atoms with Crippen LogP contribution in [0.15, 0.2) is 24.4 Å². The molecule has 0 radical (unpaired) electrons. The first-order valence-electron chi connectivity index (χ1n) is 7.24. The Hall–Kier alpha value is -1.69. The summed E-state index contributed by atoms with van der Waals surface area (Å²) in [4.78, 5) is 21.3. The molecule has 1 aromatic rings. The SMILES string of the molecule is CCC(C)(C(=O)N1CCN(c2ccccn2)CC1)C(N)=S. The first kappa shape index (κ1) is 15.7. The maximum atomic E-state index is 12.7. The fraction of sp³-hybridized carbons (Fsp3) is 0.533. The van der Waals surface area contributed by atoms with Gasteiger partial charge in [-0.1, -0.05) is 25.2 Å². The van der Waals surface area contributed by atoms with E-state index in [0.29, 0.717) is 19.5 Å². The summed E-state index contributed by atoms with van der Waals surface area (Å²) in [5.74, 6) is 0.996. The van der Waals surface area contributed by atoms with Crippen LogP contribution in [0.4, 0.5) is 5.82 Å². The molecule has 21 heavy (non-hydrogen) atoms. The summed E-state index contributed by atoms with van der Waals surface area (Å²) in [6.07, 6.45) is 2.41. The lowest BCUT2D eigenvalue weighted by atomic mass is 9.85. The summed E-state index contributed by atoms with van der Waals surface area (Å²) in [7, 11) is 0. The molecule has 1 atom stereocenters. The number of rotatable bonds is 4. The van der Waals surface area contributed by atoms with Crippen LogP contribution in [-0.4, -0.2) is 47.0 Å². The van der Waals surface area contributed by atoms with Crippen molar-refractivity contribution in [1.29, 1.82) is 0 Å². The van der Waals surface area contributed by atoms with Crippen molar-refractivity contribution in [2.24, 2.45) is 11.1 Å². The maximum absolute atomic E-state index is 12.7. The molecule has 1 fully saturated rings. The molecule has 114 valence electrons. The van der Waals surface area contributed by atoms with E-state index in [1.54, 1.807) is 6.20 Å². The average Bonchev–Trinajstić information content (AvgIpc) is 2.54. The number of hydrogen-bond acceptors (Lipinski definition) is 4. The quantitative estimate of drug-likeness (QED) is 0.853. The molecule has 1 saturated heterocycles. The molecule has 1 unspecified atom stereocenters. The van der Waals surface area contributed by atoms with E-state index in [2.05, 4.69) is 9.88 Å².